The smallest absolute Gasteiger partial charge is 0.0784 e. The van der Waals surface area contributed by atoms with E-state index in [9.17, 15) is 0 Å². The van der Waals surface area contributed by atoms with Gasteiger partial charge in [-0.05, 0) is 25.2 Å². The molecule has 9 heavy (non-hydrogen) atoms. The van der Waals surface area contributed by atoms with Crippen LogP contribution in [0.3, 0.4) is 0 Å². The van der Waals surface area contributed by atoms with E-state index in [1.165, 1.54) is 19.3 Å². The van der Waals surface area contributed by atoms with Gasteiger partial charge in [0, 0.05) is 12.5 Å². The number of hydrogen-bond donors (Lipinski definition) is 1. The molecule has 2 atom stereocenters. The first-order chi connectivity index (χ1) is 4.36. The van der Waals surface area contributed by atoms with E-state index in [0.717, 1.165) is 23.4 Å². The molecule has 0 amide bonds. The second kappa shape index (κ2) is 1.94. The normalized spacial score (nSPS) is 40.7. The van der Waals surface area contributed by atoms with E-state index in [2.05, 4.69) is 5.32 Å². The standard InChI is InChI=1S/C7H11NS/c9-7-6-2-1-5(3-6)4-8-7/h5-6H,1-4H2,(H,8,9). The summed E-state index contributed by atoms with van der Waals surface area (Å²) in [7, 11) is 0. The van der Waals surface area contributed by atoms with Gasteiger partial charge in [-0.25, -0.2) is 0 Å². The molecular formula is C7H11NS. The quantitative estimate of drug-likeness (QED) is 0.511. The monoisotopic (exact) mass is 141 g/mol. The minimum absolute atomic E-state index is 0.749. The fourth-order valence-corrected chi connectivity index (χ4v) is 2.19. The molecule has 0 spiro atoms. The molecule has 2 unspecified atom stereocenters. The SMILES string of the molecule is S=C1NCC2CCC1C2. The van der Waals surface area contributed by atoms with Crippen LogP contribution in [0.1, 0.15) is 19.3 Å². The van der Waals surface area contributed by atoms with E-state index in [0.29, 0.717) is 0 Å². The minimum atomic E-state index is 0.749. The van der Waals surface area contributed by atoms with Crippen molar-refractivity contribution >= 4 is 17.2 Å². The molecule has 2 bridgehead atoms. The van der Waals surface area contributed by atoms with Crippen molar-refractivity contribution in [3.8, 4) is 0 Å². The van der Waals surface area contributed by atoms with Crippen LogP contribution < -0.4 is 5.32 Å². The van der Waals surface area contributed by atoms with Gasteiger partial charge in [0.15, 0.2) is 0 Å². The van der Waals surface area contributed by atoms with Crippen molar-refractivity contribution in [3.63, 3.8) is 0 Å². The van der Waals surface area contributed by atoms with Crippen LogP contribution in [0.4, 0.5) is 0 Å². The zero-order valence-corrected chi connectivity index (χ0v) is 6.21. The van der Waals surface area contributed by atoms with Gasteiger partial charge < -0.3 is 5.32 Å². The molecule has 0 aromatic rings. The molecule has 50 valence electrons. The summed E-state index contributed by atoms with van der Waals surface area (Å²) in [6, 6.07) is 0. The van der Waals surface area contributed by atoms with Gasteiger partial charge in [0.1, 0.15) is 0 Å². The van der Waals surface area contributed by atoms with E-state index in [1.807, 2.05) is 0 Å². The molecule has 1 heterocycles. The Bertz CT molecular complexity index is 144. The summed E-state index contributed by atoms with van der Waals surface area (Å²) in [5.74, 6) is 1.69. The highest BCUT2D eigenvalue weighted by molar-refractivity contribution is 7.80. The van der Waals surface area contributed by atoms with Crippen molar-refractivity contribution in [3.05, 3.63) is 0 Å². The third kappa shape index (κ3) is 0.855. The van der Waals surface area contributed by atoms with Gasteiger partial charge in [0.05, 0.1) is 4.99 Å². The minimum Gasteiger partial charge on any atom is -0.379 e. The maximum absolute atomic E-state index is 5.14. The topological polar surface area (TPSA) is 12.0 Å². The van der Waals surface area contributed by atoms with Crippen molar-refractivity contribution in [1.29, 1.82) is 0 Å². The Labute approximate surface area is 60.8 Å². The molecule has 1 saturated carbocycles. The average Bonchev–Trinajstić information content (AvgIpc) is 2.25. The molecule has 2 rings (SSSR count). The summed E-state index contributed by atoms with van der Waals surface area (Å²) in [5, 5.41) is 3.28. The Morgan fingerprint density at radius 2 is 2.33 bits per heavy atom. The van der Waals surface area contributed by atoms with Crippen LogP contribution in [0, 0.1) is 11.8 Å². The average molecular weight is 141 g/mol. The van der Waals surface area contributed by atoms with E-state index in [-0.39, 0.29) is 0 Å². The lowest BCUT2D eigenvalue weighted by Crippen LogP contribution is -2.35. The molecule has 1 aliphatic heterocycles. The number of piperidine rings is 1. The maximum atomic E-state index is 5.14. The van der Waals surface area contributed by atoms with Crippen LogP contribution in [0.2, 0.25) is 0 Å². The molecule has 1 N–H and O–H groups in total. The van der Waals surface area contributed by atoms with Gasteiger partial charge >= 0.3 is 0 Å². The fourth-order valence-electron chi connectivity index (χ4n) is 1.89. The molecular weight excluding hydrogens is 130 g/mol. The first kappa shape index (κ1) is 5.66. The lowest BCUT2D eigenvalue weighted by atomic mass is 10.0. The molecule has 2 heteroatoms. The van der Waals surface area contributed by atoms with Crippen molar-refractivity contribution in [2.75, 3.05) is 6.54 Å². The number of fused-ring (bicyclic) bond motifs is 2. The molecule has 0 radical (unpaired) electrons. The summed E-state index contributed by atoms with van der Waals surface area (Å²) in [6.45, 7) is 1.15. The predicted octanol–water partition coefficient (Wildman–Crippen LogP) is 1.33. The van der Waals surface area contributed by atoms with E-state index in [1.54, 1.807) is 0 Å². The summed E-state index contributed by atoms with van der Waals surface area (Å²) in [6.07, 6.45) is 4.11. The third-order valence-corrected chi connectivity index (χ3v) is 2.95. The fraction of sp³-hybridized carbons (Fsp3) is 0.857. The Hall–Kier alpha value is -0.110. The van der Waals surface area contributed by atoms with Gasteiger partial charge in [-0.2, -0.15) is 0 Å². The first-order valence-corrected chi connectivity index (χ1v) is 4.05. The molecule has 2 aliphatic rings. The van der Waals surface area contributed by atoms with Crippen LogP contribution in [-0.4, -0.2) is 11.5 Å². The Balaban J connectivity index is 2.14. The molecule has 1 saturated heterocycles. The van der Waals surface area contributed by atoms with E-state index in [4.69, 9.17) is 12.2 Å². The Kier molecular flexibility index (Phi) is 1.22. The first-order valence-electron chi connectivity index (χ1n) is 3.64. The van der Waals surface area contributed by atoms with Crippen LogP contribution in [0.15, 0.2) is 0 Å². The number of rotatable bonds is 0. The van der Waals surface area contributed by atoms with Crippen LogP contribution >= 0.6 is 12.2 Å². The van der Waals surface area contributed by atoms with Crippen LogP contribution in [0.5, 0.6) is 0 Å². The summed E-state index contributed by atoms with van der Waals surface area (Å²) in [4.78, 5) is 1.13. The molecule has 2 fully saturated rings. The van der Waals surface area contributed by atoms with Gasteiger partial charge in [-0.1, -0.05) is 12.2 Å². The van der Waals surface area contributed by atoms with Gasteiger partial charge in [-0.15, -0.1) is 0 Å². The predicted molar refractivity (Wildman–Crippen MR) is 41.4 cm³/mol. The highest BCUT2D eigenvalue weighted by Gasteiger charge is 2.31. The maximum Gasteiger partial charge on any atom is 0.0784 e. The Morgan fingerprint density at radius 1 is 1.44 bits per heavy atom. The molecule has 0 aromatic carbocycles. The second-order valence-electron chi connectivity index (χ2n) is 3.12. The lowest BCUT2D eigenvalue weighted by Gasteiger charge is -2.21. The zero-order valence-electron chi connectivity index (χ0n) is 5.39. The molecule has 1 nitrogen and oxygen atoms in total. The molecule has 1 aliphatic carbocycles. The number of thiocarbonyl (C=S) groups is 1. The summed E-state index contributed by atoms with van der Waals surface area (Å²) in [5.41, 5.74) is 0. The van der Waals surface area contributed by atoms with E-state index >= 15 is 0 Å². The number of hydrogen-bond acceptors (Lipinski definition) is 1. The Morgan fingerprint density at radius 3 is 3.11 bits per heavy atom. The third-order valence-electron chi connectivity index (χ3n) is 2.48. The number of nitrogens with one attached hydrogen (secondary N) is 1. The van der Waals surface area contributed by atoms with Gasteiger partial charge in [-0.3, -0.25) is 0 Å². The van der Waals surface area contributed by atoms with Crippen molar-refractivity contribution in [2.45, 2.75) is 19.3 Å². The highest BCUT2D eigenvalue weighted by Crippen LogP contribution is 2.33. The van der Waals surface area contributed by atoms with Crippen molar-refractivity contribution < 1.29 is 0 Å². The van der Waals surface area contributed by atoms with E-state index < -0.39 is 0 Å². The zero-order chi connectivity index (χ0) is 6.27. The van der Waals surface area contributed by atoms with Gasteiger partial charge in [0.25, 0.3) is 0 Å². The van der Waals surface area contributed by atoms with Crippen LogP contribution in [-0.2, 0) is 0 Å². The largest absolute Gasteiger partial charge is 0.379 e. The van der Waals surface area contributed by atoms with Crippen LogP contribution in [0.25, 0.3) is 0 Å². The van der Waals surface area contributed by atoms with Gasteiger partial charge in [0.2, 0.25) is 0 Å². The molecule has 0 aromatic heterocycles. The summed E-state index contributed by atoms with van der Waals surface area (Å²) < 4.78 is 0. The second-order valence-corrected chi connectivity index (χ2v) is 3.56. The van der Waals surface area contributed by atoms with Crippen molar-refractivity contribution in [1.82, 2.24) is 5.32 Å². The highest BCUT2D eigenvalue weighted by atomic mass is 32.1. The summed E-state index contributed by atoms with van der Waals surface area (Å²) >= 11 is 5.14. The van der Waals surface area contributed by atoms with Crippen molar-refractivity contribution in [2.24, 2.45) is 11.8 Å². The lowest BCUT2D eigenvalue weighted by molar-refractivity contribution is 0.496.